The molecule has 0 aliphatic rings. The molecule has 1 atom stereocenters. The molecule has 0 saturated heterocycles. The van der Waals surface area contributed by atoms with Gasteiger partial charge in [-0.1, -0.05) is 6.92 Å². The topological polar surface area (TPSA) is 27.1 Å². The van der Waals surface area contributed by atoms with Gasteiger partial charge in [-0.15, -0.1) is 11.6 Å². The van der Waals surface area contributed by atoms with Gasteiger partial charge in [-0.2, -0.15) is 0 Å². The summed E-state index contributed by atoms with van der Waals surface area (Å²) in [6, 6.07) is 3.30. The number of alkyl halides is 1. The van der Waals surface area contributed by atoms with Crippen LogP contribution in [0, 0.1) is 18.7 Å². The third-order valence-electron chi connectivity index (χ3n) is 3.17. The maximum absolute atomic E-state index is 13.6. The highest BCUT2D eigenvalue weighted by Crippen LogP contribution is 2.22. The lowest BCUT2D eigenvalue weighted by molar-refractivity contribution is 0.151. The summed E-state index contributed by atoms with van der Waals surface area (Å²) in [5.41, 5.74) is 2.20. The first-order valence-electron chi connectivity index (χ1n) is 6.27. The second-order valence-corrected chi connectivity index (χ2v) is 5.19. The largest absolute Gasteiger partial charge is 0.384 e. The number of benzene rings is 1. The molecule has 0 radical (unpaired) electrons. The molecular weight excluding hydrogens is 267 g/mol. The lowest BCUT2D eigenvalue weighted by Gasteiger charge is -2.14. The van der Waals surface area contributed by atoms with Crippen LogP contribution >= 0.6 is 11.6 Å². The van der Waals surface area contributed by atoms with E-state index in [1.54, 1.807) is 14.0 Å². The number of hydrogen-bond donors (Lipinski definition) is 0. The molecule has 2 aromatic rings. The van der Waals surface area contributed by atoms with E-state index in [0.717, 1.165) is 17.9 Å². The van der Waals surface area contributed by atoms with Gasteiger partial charge in [0.2, 0.25) is 0 Å². The zero-order valence-electron chi connectivity index (χ0n) is 11.4. The Kier molecular flexibility index (Phi) is 4.42. The summed E-state index contributed by atoms with van der Waals surface area (Å²) in [5.74, 6) is 1.19. The highest BCUT2D eigenvalue weighted by atomic mass is 35.5. The summed E-state index contributed by atoms with van der Waals surface area (Å²) in [4.78, 5) is 4.40. The Balaban J connectivity index is 2.47. The van der Waals surface area contributed by atoms with Gasteiger partial charge in [-0.3, -0.25) is 0 Å². The van der Waals surface area contributed by atoms with E-state index in [-0.39, 0.29) is 5.82 Å². The minimum atomic E-state index is -0.233. The number of fused-ring (bicyclic) bond motifs is 1. The van der Waals surface area contributed by atoms with Crippen molar-refractivity contribution in [2.75, 3.05) is 13.7 Å². The highest BCUT2D eigenvalue weighted by molar-refractivity contribution is 6.16. The summed E-state index contributed by atoms with van der Waals surface area (Å²) < 4.78 is 20.8. The molecule has 2 rings (SSSR count). The molecule has 0 fully saturated rings. The van der Waals surface area contributed by atoms with Crippen LogP contribution in [0.2, 0.25) is 0 Å². The van der Waals surface area contributed by atoms with Crippen molar-refractivity contribution in [3.8, 4) is 0 Å². The van der Waals surface area contributed by atoms with E-state index in [4.69, 9.17) is 16.3 Å². The van der Waals surface area contributed by atoms with E-state index in [0.29, 0.717) is 29.5 Å². The molecule has 1 heterocycles. The van der Waals surface area contributed by atoms with Gasteiger partial charge in [-0.05, 0) is 24.5 Å². The summed E-state index contributed by atoms with van der Waals surface area (Å²) in [6.07, 6.45) is 0. The van der Waals surface area contributed by atoms with Gasteiger partial charge in [0.25, 0.3) is 0 Å². The van der Waals surface area contributed by atoms with Gasteiger partial charge < -0.3 is 9.30 Å². The van der Waals surface area contributed by atoms with Crippen molar-refractivity contribution in [3.05, 3.63) is 29.3 Å². The first kappa shape index (κ1) is 14.3. The molecule has 0 saturated carbocycles. The second kappa shape index (κ2) is 5.88. The van der Waals surface area contributed by atoms with Crippen molar-refractivity contribution in [2.45, 2.75) is 26.3 Å². The average molecular weight is 285 g/mol. The predicted octanol–water partition coefficient (Wildman–Crippen LogP) is 3.51. The molecule has 0 aliphatic heterocycles. The molecule has 0 N–H and O–H groups in total. The minimum Gasteiger partial charge on any atom is -0.384 e. The number of halogens is 2. The molecule has 1 unspecified atom stereocenters. The number of methoxy groups -OCH3 is 1. The number of aryl methyl sites for hydroxylation is 1. The lowest BCUT2D eigenvalue weighted by atomic mass is 10.1. The van der Waals surface area contributed by atoms with Crippen LogP contribution in [0.15, 0.2) is 12.1 Å². The number of aromatic nitrogens is 2. The van der Waals surface area contributed by atoms with Crippen molar-refractivity contribution < 1.29 is 9.13 Å². The van der Waals surface area contributed by atoms with E-state index in [2.05, 4.69) is 16.5 Å². The van der Waals surface area contributed by atoms with Crippen molar-refractivity contribution >= 4 is 22.6 Å². The summed E-state index contributed by atoms with van der Waals surface area (Å²) in [7, 11) is 1.69. The molecule has 0 bridgehead atoms. The van der Waals surface area contributed by atoms with E-state index in [1.807, 2.05) is 6.07 Å². The Morgan fingerprint density at radius 1 is 1.47 bits per heavy atom. The Morgan fingerprint density at radius 3 is 2.84 bits per heavy atom. The molecule has 1 aromatic heterocycles. The first-order chi connectivity index (χ1) is 9.06. The number of hydrogen-bond acceptors (Lipinski definition) is 2. The molecule has 0 spiro atoms. The Hall–Kier alpha value is -1.13. The normalized spacial score (nSPS) is 13.1. The van der Waals surface area contributed by atoms with Gasteiger partial charge in [0.1, 0.15) is 11.6 Å². The van der Waals surface area contributed by atoms with Crippen molar-refractivity contribution in [1.82, 2.24) is 9.55 Å². The Labute approximate surface area is 117 Å². The number of ether oxygens (including phenoxy) is 1. The maximum atomic E-state index is 13.6. The quantitative estimate of drug-likeness (QED) is 0.786. The van der Waals surface area contributed by atoms with Crippen molar-refractivity contribution in [2.24, 2.45) is 5.92 Å². The van der Waals surface area contributed by atoms with E-state index in [1.165, 1.54) is 6.07 Å². The molecule has 0 amide bonds. The fourth-order valence-electron chi connectivity index (χ4n) is 2.25. The average Bonchev–Trinajstić information content (AvgIpc) is 2.68. The fraction of sp³-hybridized carbons (Fsp3) is 0.500. The summed E-state index contributed by atoms with van der Waals surface area (Å²) >= 11 is 5.94. The smallest absolute Gasteiger partial charge is 0.128 e. The lowest BCUT2D eigenvalue weighted by Crippen LogP contribution is -2.14. The molecule has 0 aliphatic carbocycles. The molecule has 104 valence electrons. The van der Waals surface area contributed by atoms with Crippen LogP contribution in [-0.2, 0) is 17.2 Å². The van der Waals surface area contributed by atoms with E-state index < -0.39 is 0 Å². The monoisotopic (exact) mass is 284 g/mol. The van der Waals surface area contributed by atoms with Crippen LogP contribution in [0.1, 0.15) is 18.3 Å². The molecular formula is C14H18ClFN2O. The van der Waals surface area contributed by atoms with Gasteiger partial charge in [0.05, 0.1) is 23.5 Å². The van der Waals surface area contributed by atoms with Gasteiger partial charge >= 0.3 is 0 Å². The van der Waals surface area contributed by atoms with Crippen LogP contribution in [-0.4, -0.2) is 23.3 Å². The van der Waals surface area contributed by atoms with Crippen LogP contribution in [0.25, 0.3) is 11.0 Å². The minimum absolute atomic E-state index is 0.233. The van der Waals surface area contributed by atoms with E-state index >= 15 is 0 Å². The maximum Gasteiger partial charge on any atom is 0.128 e. The zero-order chi connectivity index (χ0) is 14.0. The summed E-state index contributed by atoms with van der Waals surface area (Å²) in [5, 5.41) is 0. The number of imidazole rings is 1. The molecule has 1 aromatic carbocycles. The van der Waals surface area contributed by atoms with Gasteiger partial charge in [0.15, 0.2) is 0 Å². The standard InChI is InChI=1S/C14H18ClFN2O/c1-9(8-19-3)7-18-13-4-10(2)11(16)5-12(13)17-14(18)6-15/h4-5,9H,6-8H2,1-3H3. The molecule has 19 heavy (non-hydrogen) atoms. The van der Waals surface area contributed by atoms with Crippen LogP contribution < -0.4 is 0 Å². The van der Waals surface area contributed by atoms with Gasteiger partial charge in [0, 0.05) is 19.7 Å². The first-order valence-corrected chi connectivity index (χ1v) is 6.80. The fourth-order valence-corrected chi connectivity index (χ4v) is 2.46. The zero-order valence-corrected chi connectivity index (χ0v) is 12.2. The SMILES string of the molecule is COCC(C)Cn1c(CCl)nc2cc(F)c(C)cc21. The third kappa shape index (κ3) is 2.90. The van der Waals surface area contributed by atoms with Crippen molar-refractivity contribution in [1.29, 1.82) is 0 Å². The molecule has 5 heteroatoms. The third-order valence-corrected chi connectivity index (χ3v) is 3.41. The van der Waals surface area contributed by atoms with Crippen LogP contribution in [0.5, 0.6) is 0 Å². The number of nitrogens with zero attached hydrogens (tertiary/aromatic N) is 2. The predicted molar refractivity (Wildman–Crippen MR) is 75.0 cm³/mol. The van der Waals surface area contributed by atoms with Crippen molar-refractivity contribution in [3.63, 3.8) is 0 Å². The Bertz CT molecular complexity index is 582. The second-order valence-electron chi connectivity index (χ2n) is 4.92. The highest BCUT2D eigenvalue weighted by Gasteiger charge is 2.14. The van der Waals surface area contributed by atoms with Gasteiger partial charge in [-0.25, -0.2) is 9.37 Å². The molecule has 3 nitrogen and oxygen atoms in total. The Morgan fingerprint density at radius 2 is 2.21 bits per heavy atom. The number of rotatable bonds is 5. The van der Waals surface area contributed by atoms with E-state index in [9.17, 15) is 4.39 Å². The summed E-state index contributed by atoms with van der Waals surface area (Å²) in [6.45, 7) is 5.29. The van der Waals surface area contributed by atoms with Crippen LogP contribution in [0.3, 0.4) is 0 Å². The van der Waals surface area contributed by atoms with Crippen LogP contribution in [0.4, 0.5) is 4.39 Å².